The van der Waals surface area contributed by atoms with E-state index >= 15 is 0 Å². The topological polar surface area (TPSA) is 83.9 Å². The summed E-state index contributed by atoms with van der Waals surface area (Å²) in [7, 11) is 0. The third-order valence-electron chi connectivity index (χ3n) is 4.99. The highest BCUT2D eigenvalue weighted by molar-refractivity contribution is 5.63. The fourth-order valence-electron chi connectivity index (χ4n) is 3.93. The van der Waals surface area contributed by atoms with E-state index in [-0.39, 0.29) is 28.7 Å². The predicted octanol–water partition coefficient (Wildman–Crippen LogP) is 1.84. The maximum absolute atomic E-state index is 11.5. The lowest BCUT2D eigenvalue weighted by Gasteiger charge is -2.44. The van der Waals surface area contributed by atoms with Crippen LogP contribution in [-0.4, -0.2) is 38.6 Å². The molecular weight excluding hydrogens is 284 g/mol. The van der Waals surface area contributed by atoms with E-state index in [1.807, 2.05) is 11.0 Å². The Morgan fingerprint density at radius 2 is 2.00 bits per heavy atom. The third-order valence-corrected chi connectivity index (χ3v) is 4.99. The summed E-state index contributed by atoms with van der Waals surface area (Å²) >= 11 is 0. The largest absolute Gasteiger partial charge is 0.392 e. The molecule has 116 valence electrons. The third kappa shape index (κ3) is 1.96. The molecule has 7 nitrogen and oxygen atoms in total. The first-order valence-corrected chi connectivity index (χ1v) is 7.69. The minimum Gasteiger partial charge on any atom is -0.392 e. The molecule has 7 heteroatoms. The van der Waals surface area contributed by atoms with Crippen LogP contribution in [0.1, 0.15) is 19.3 Å². The van der Waals surface area contributed by atoms with Crippen molar-refractivity contribution in [2.75, 3.05) is 18.0 Å². The summed E-state index contributed by atoms with van der Waals surface area (Å²) in [5.74, 6) is 0.832. The molecule has 1 saturated heterocycles. The van der Waals surface area contributed by atoms with Gasteiger partial charge in [0.15, 0.2) is 0 Å². The highest BCUT2D eigenvalue weighted by Crippen LogP contribution is 2.39. The number of hydrogen-bond acceptors (Lipinski definition) is 5. The maximum atomic E-state index is 11.5. The summed E-state index contributed by atoms with van der Waals surface area (Å²) in [5, 5.41) is 21.8. The quantitative estimate of drug-likeness (QED) is 0.676. The van der Waals surface area contributed by atoms with Crippen LogP contribution in [0, 0.1) is 22.0 Å². The van der Waals surface area contributed by atoms with E-state index in [4.69, 9.17) is 0 Å². The number of imidazole rings is 1. The molecule has 2 unspecified atom stereocenters. The Morgan fingerprint density at radius 1 is 1.27 bits per heavy atom. The molecule has 2 aromatic rings. The molecular formula is C15H18N4O3. The molecule has 2 atom stereocenters. The number of aliphatic hydroxyl groups excluding tert-OH is 1. The molecule has 2 aliphatic rings. The molecule has 1 aliphatic carbocycles. The van der Waals surface area contributed by atoms with Gasteiger partial charge >= 0.3 is 5.82 Å². The number of rotatable bonds is 2. The van der Waals surface area contributed by atoms with Crippen LogP contribution in [0.2, 0.25) is 0 Å². The Hall–Kier alpha value is -2.15. The maximum Gasteiger partial charge on any atom is 0.372 e. The minimum absolute atomic E-state index is 0.0186. The Labute approximate surface area is 127 Å². The molecule has 3 heterocycles. The molecule has 1 N–H and O–H groups in total. The Morgan fingerprint density at radius 3 is 2.68 bits per heavy atom. The van der Waals surface area contributed by atoms with Crippen LogP contribution in [0.25, 0.3) is 5.65 Å². The monoisotopic (exact) mass is 302 g/mol. The van der Waals surface area contributed by atoms with Crippen LogP contribution < -0.4 is 4.90 Å². The second kappa shape index (κ2) is 4.95. The van der Waals surface area contributed by atoms with Crippen LogP contribution in [0.15, 0.2) is 24.4 Å². The van der Waals surface area contributed by atoms with Gasteiger partial charge in [0.25, 0.3) is 0 Å². The number of pyridine rings is 1. The number of aliphatic hydroxyl groups is 1. The van der Waals surface area contributed by atoms with Crippen molar-refractivity contribution in [3.8, 4) is 0 Å². The van der Waals surface area contributed by atoms with Gasteiger partial charge in [0.1, 0.15) is 0 Å². The lowest BCUT2D eigenvalue weighted by atomic mass is 9.75. The van der Waals surface area contributed by atoms with Gasteiger partial charge in [-0.1, -0.05) is 12.5 Å². The van der Waals surface area contributed by atoms with Crippen molar-refractivity contribution in [3.05, 3.63) is 34.5 Å². The van der Waals surface area contributed by atoms with Crippen LogP contribution >= 0.6 is 0 Å². The number of nitrogens with zero attached hydrogens (tertiary/aromatic N) is 4. The van der Waals surface area contributed by atoms with Crippen molar-refractivity contribution in [2.45, 2.75) is 25.4 Å². The standard InChI is InChI=1S/C15H18N4O3/c20-13-10-4-3-5-11(13)9-17(8-10)14-15(19(21)22)18-7-2-1-6-12(18)16-14/h1-2,6-7,10-11,13,20H,3-5,8-9H2. The van der Waals surface area contributed by atoms with Gasteiger partial charge < -0.3 is 20.1 Å². The summed E-state index contributed by atoms with van der Waals surface area (Å²) in [6, 6.07) is 5.36. The number of nitro groups is 1. The number of anilines is 1. The van der Waals surface area contributed by atoms with Crippen molar-refractivity contribution < 1.29 is 10.0 Å². The van der Waals surface area contributed by atoms with Crippen LogP contribution in [0.5, 0.6) is 0 Å². The lowest BCUT2D eigenvalue weighted by molar-refractivity contribution is -0.389. The number of fused-ring (bicyclic) bond motifs is 3. The fourth-order valence-corrected chi connectivity index (χ4v) is 3.93. The molecule has 0 aromatic carbocycles. The molecule has 2 aromatic heterocycles. The molecule has 2 fully saturated rings. The molecule has 0 amide bonds. The van der Waals surface area contributed by atoms with Crippen LogP contribution in [0.4, 0.5) is 11.6 Å². The second-order valence-electron chi connectivity index (χ2n) is 6.29. The van der Waals surface area contributed by atoms with Crippen molar-refractivity contribution in [1.82, 2.24) is 9.38 Å². The number of piperidine rings is 1. The summed E-state index contributed by atoms with van der Waals surface area (Å²) in [5.41, 5.74) is 0.584. The molecule has 1 saturated carbocycles. The molecule has 0 radical (unpaired) electrons. The van der Waals surface area contributed by atoms with E-state index in [0.717, 1.165) is 19.3 Å². The van der Waals surface area contributed by atoms with Crippen molar-refractivity contribution in [1.29, 1.82) is 0 Å². The normalized spacial score (nSPS) is 28.0. The van der Waals surface area contributed by atoms with Gasteiger partial charge in [0, 0.05) is 31.0 Å². The van der Waals surface area contributed by atoms with Gasteiger partial charge in [0.2, 0.25) is 11.5 Å². The summed E-state index contributed by atoms with van der Waals surface area (Å²) in [6.07, 6.45) is 4.49. The molecule has 4 rings (SSSR count). The van der Waals surface area contributed by atoms with E-state index in [0.29, 0.717) is 24.6 Å². The van der Waals surface area contributed by atoms with Gasteiger partial charge in [-0.25, -0.2) is 0 Å². The minimum atomic E-state index is -0.365. The first kappa shape index (κ1) is 13.5. The molecule has 0 spiro atoms. The van der Waals surface area contributed by atoms with Gasteiger partial charge in [-0.05, 0) is 23.8 Å². The van der Waals surface area contributed by atoms with Gasteiger partial charge in [-0.15, -0.1) is 0 Å². The van der Waals surface area contributed by atoms with Gasteiger partial charge in [0.05, 0.1) is 12.3 Å². The summed E-state index contributed by atoms with van der Waals surface area (Å²) in [6.45, 7) is 1.28. The summed E-state index contributed by atoms with van der Waals surface area (Å²) < 4.78 is 1.52. The highest BCUT2D eigenvalue weighted by atomic mass is 16.6. The number of hydrogen-bond donors (Lipinski definition) is 1. The highest BCUT2D eigenvalue weighted by Gasteiger charge is 2.41. The van der Waals surface area contributed by atoms with E-state index < -0.39 is 0 Å². The van der Waals surface area contributed by atoms with E-state index in [2.05, 4.69) is 4.98 Å². The zero-order valence-electron chi connectivity index (χ0n) is 12.1. The van der Waals surface area contributed by atoms with Crippen molar-refractivity contribution in [2.24, 2.45) is 11.8 Å². The Balaban J connectivity index is 1.78. The second-order valence-corrected chi connectivity index (χ2v) is 6.29. The average Bonchev–Trinajstić information content (AvgIpc) is 2.86. The van der Waals surface area contributed by atoms with Crippen LogP contribution in [0.3, 0.4) is 0 Å². The van der Waals surface area contributed by atoms with E-state index in [1.165, 1.54) is 4.40 Å². The predicted molar refractivity (Wildman–Crippen MR) is 80.9 cm³/mol. The Kier molecular flexibility index (Phi) is 3.04. The van der Waals surface area contributed by atoms with Crippen molar-refractivity contribution >= 4 is 17.3 Å². The van der Waals surface area contributed by atoms with E-state index in [9.17, 15) is 15.2 Å². The van der Waals surface area contributed by atoms with E-state index in [1.54, 1.807) is 18.3 Å². The molecule has 22 heavy (non-hydrogen) atoms. The average molecular weight is 302 g/mol. The fraction of sp³-hybridized carbons (Fsp3) is 0.533. The smallest absolute Gasteiger partial charge is 0.372 e. The van der Waals surface area contributed by atoms with Gasteiger partial charge in [-0.2, -0.15) is 9.38 Å². The number of aromatic nitrogens is 2. The SMILES string of the molecule is O=[N+]([O-])c1c(N2CC3CCCC(C2)C3O)nc2ccccn12. The van der Waals surface area contributed by atoms with Crippen LogP contribution in [-0.2, 0) is 0 Å². The van der Waals surface area contributed by atoms with Crippen molar-refractivity contribution in [3.63, 3.8) is 0 Å². The first-order valence-electron chi connectivity index (χ1n) is 7.69. The lowest BCUT2D eigenvalue weighted by Crippen LogP contribution is -2.51. The summed E-state index contributed by atoms with van der Waals surface area (Å²) in [4.78, 5) is 17.6. The molecule has 2 bridgehead atoms. The zero-order valence-corrected chi connectivity index (χ0v) is 12.1. The zero-order chi connectivity index (χ0) is 15.3. The van der Waals surface area contributed by atoms with Gasteiger partial charge in [-0.3, -0.25) is 0 Å². The first-order chi connectivity index (χ1) is 10.6. The Bertz CT molecular complexity index is 715. The molecule has 1 aliphatic heterocycles.